The highest BCUT2D eigenvalue weighted by Gasteiger charge is 2.37. The molecule has 3 heterocycles. The summed E-state index contributed by atoms with van der Waals surface area (Å²) in [6.07, 6.45) is 5.81. The Labute approximate surface area is 114 Å². The first kappa shape index (κ1) is 12.8. The minimum atomic E-state index is 0.435. The lowest BCUT2D eigenvalue weighted by molar-refractivity contribution is -0.136. The van der Waals surface area contributed by atoms with Crippen molar-refractivity contribution in [3.8, 4) is 0 Å². The Hall–Kier alpha value is -0.220. The maximum absolute atomic E-state index is 12.5. The van der Waals surface area contributed by atoms with Crippen molar-refractivity contribution in [2.45, 2.75) is 38.1 Å². The average Bonchev–Trinajstić information content (AvgIpc) is 2.87. The number of nitrogens with one attached hydrogen (secondary N) is 1. The second-order valence-corrected chi connectivity index (χ2v) is 7.20. The molecule has 2 atom stereocenters. The van der Waals surface area contributed by atoms with E-state index >= 15 is 0 Å². The molecule has 3 fully saturated rings. The summed E-state index contributed by atoms with van der Waals surface area (Å²) in [5.41, 5.74) is 0. The molecular formula is C14H24N2OS. The van der Waals surface area contributed by atoms with Crippen LogP contribution in [0.5, 0.6) is 0 Å². The highest BCUT2D eigenvalue weighted by Crippen LogP contribution is 2.30. The summed E-state index contributed by atoms with van der Waals surface area (Å²) in [4.78, 5) is 14.7. The molecule has 102 valence electrons. The fourth-order valence-corrected chi connectivity index (χ4v) is 4.90. The first-order valence-corrected chi connectivity index (χ1v) is 8.58. The molecule has 0 aromatic heterocycles. The van der Waals surface area contributed by atoms with Gasteiger partial charge in [-0.2, -0.15) is 11.8 Å². The van der Waals surface area contributed by atoms with Crippen LogP contribution in [0.1, 0.15) is 32.1 Å². The van der Waals surface area contributed by atoms with Crippen LogP contribution in [0, 0.1) is 11.8 Å². The number of hydrogen-bond acceptors (Lipinski definition) is 3. The van der Waals surface area contributed by atoms with Gasteiger partial charge in [-0.05, 0) is 49.0 Å². The van der Waals surface area contributed by atoms with E-state index in [0.717, 1.165) is 32.0 Å². The van der Waals surface area contributed by atoms with Crippen LogP contribution in [0.15, 0.2) is 0 Å². The molecule has 3 nitrogen and oxygen atoms in total. The van der Waals surface area contributed by atoms with Gasteiger partial charge < -0.3 is 10.2 Å². The first-order chi connectivity index (χ1) is 8.84. The predicted molar refractivity (Wildman–Crippen MR) is 75.8 cm³/mol. The molecule has 18 heavy (non-hydrogen) atoms. The van der Waals surface area contributed by atoms with Gasteiger partial charge in [0.05, 0.1) is 0 Å². The molecule has 0 aromatic rings. The van der Waals surface area contributed by atoms with Crippen molar-refractivity contribution in [3.05, 3.63) is 0 Å². The largest absolute Gasteiger partial charge is 0.338 e. The number of nitrogens with zero attached hydrogens (tertiary/aromatic N) is 1. The highest BCUT2D eigenvalue weighted by molar-refractivity contribution is 7.99. The molecule has 0 bridgehead atoms. The second-order valence-electron chi connectivity index (χ2n) is 5.97. The van der Waals surface area contributed by atoms with Gasteiger partial charge in [0, 0.05) is 32.1 Å². The lowest BCUT2D eigenvalue weighted by Crippen LogP contribution is -2.48. The maximum atomic E-state index is 12.5. The van der Waals surface area contributed by atoms with Crippen LogP contribution in [0.2, 0.25) is 0 Å². The van der Waals surface area contributed by atoms with E-state index < -0.39 is 0 Å². The molecule has 3 aliphatic heterocycles. The van der Waals surface area contributed by atoms with E-state index in [1.807, 2.05) is 11.8 Å². The van der Waals surface area contributed by atoms with Crippen LogP contribution in [0.4, 0.5) is 0 Å². The average molecular weight is 268 g/mol. The molecule has 0 aliphatic carbocycles. The summed E-state index contributed by atoms with van der Waals surface area (Å²) in [7, 11) is 0. The van der Waals surface area contributed by atoms with Crippen LogP contribution in [-0.2, 0) is 4.79 Å². The number of carbonyl (C=O) groups is 1. The van der Waals surface area contributed by atoms with E-state index in [1.165, 1.54) is 37.2 Å². The standard InChI is InChI=1S/C14H24N2OS/c17-14(8-11-3-6-18-7-4-11)16-5-1-2-12-9-15-10-13(12)16/h11-13,15H,1-10H2. The van der Waals surface area contributed by atoms with Crippen LogP contribution in [0.3, 0.4) is 0 Å². The quantitative estimate of drug-likeness (QED) is 0.828. The van der Waals surface area contributed by atoms with E-state index in [-0.39, 0.29) is 0 Å². The van der Waals surface area contributed by atoms with Gasteiger partial charge in [-0.3, -0.25) is 4.79 Å². The van der Waals surface area contributed by atoms with Gasteiger partial charge in [0.15, 0.2) is 0 Å². The topological polar surface area (TPSA) is 32.3 Å². The number of carbonyl (C=O) groups excluding carboxylic acids is 1. The van der Waals surface area contributed by atoms with Gasteiger partial charge in [-0.15, -0.1) is 0 Å². The molecule has 2 unspecified atom stereocenters. The molecule has 1 N–H and O–H groups in total. The zero-order chi connectivity index (χ0) is 12.4. The summed E-state index contributed by atoms with van der Waals surface area (Å²) in [6, 6.07) is 0.504. The Bertz CT molecular complexity index is 304. The molecular weight excluding hydrogens is 244 g/mol. The molecule has 4 heteroatoms. The number of rotatable bonds is 2. The van der Waals surface area contributed by atoms with Crippen molar-refractivity contribution in [2.24, 2.45) is 11.8 Å². The molecule has 0 saturated carbocycles. The minimum absolute atomic E-state index is 0.435. The van der Waals surface area contributed by atoms with Crippen molar-refractivity contribution in [3.63, 3.8) is 0 Å². The first-order valence-electron chi connectivity index (χ1n) is 7.42. The number of likely N-dealkylation sites (tertiary alicyclic amines) is 1. The van der Waals surface area contributed by atoms with Crippen molar-refractivity contribution in [2.75, 3.05) is 31.1 Å². The van der Waals surface area contributed by atoms with Crippen molar-refractivity contribution in [1.82, 2.24) is 10.2 Å². The van der Waals surface area contributed by atoms with Gasteiger partial charge >= 0.3 is 0 Å². The van der Waals surface area contributed by atoms with E-state index in [1.54, 1.807) is 0 Å². The lowest BCUT2D eigenvalue weighted by atomic mass is 9.90. The van der Waals surface area contributed by atoms with E-state index in [0.29, 0.717) is 17.9 Å². The number of thioether (sulfide) groups is 1. The fourth-order valence-electron chi connectivity index (χ4n) is 3.69. The van der Waals surface area contributed by atoms with Crippen LogP contribution in [-0.4, -0.2) is 48.0 Å². The third-order valence-electron chi connectivity index (χ3n) is 4.80. The monoisotopic (exact) mass is 268 g/mol. The zero-order valence-electron chi connectivity index (χ0n) is 11.1. The van der Waals surface area contributed by atoms with E-state index in [9.17, 15) is 4.79 Å². The molecule has 1 amide bonds. The van der Waals surface area contributed by atoms with Gasteiger partial charge in [-0.25, -0.2) is 0 Å². The third-order valence-corrected chi connectivity index (χ3v) is 5.85. The predicted octanol–water partition coefficient (Wildman–Crippen LogP) is 1.73. The summed E-state index contributed by atoms with van der Waals surface area (Å²) in [5, 5.41) is 3.46. The molecule has 3 saturated heterocycles. The summed E-state index contributed by atoms with van der Waals surface area (Å²) < 4.78 is 0. The van der Waals surface area contributed by atoms with Gasteiger partial charge in [-0.1, -0.05) is 0 Å². The van der Waals surface area contributed by atoms with Gasteiger partial charge in [0.25, 0.3) is 0 Å². The third kappa shape index (κ3) is 2.69. The lowest BCUT2D eigenvalue weighted by Gasteiger charge is -2.38. The summed E-state index contributed by atoms with van der Waals surface area (Å²) >= 11 is 2.04. The maximum Gasteiger partial charge on any atom is 0.223 e. The Morgan fingerprint density at radius 2 is 2.06 bits per heavy atom. The fraction of sp³-hybridized carbons (Fsp3) is 0.929. The van der Waals surface area contributed by atoms with E-state index in [2.05, 4.69) is 10.2 Å². The van der Waals surface area contributed by atoms with Crippen molar-refractivity contribution < 1.29 is 4.79 Å². The van der Waals surface area contributed by atoms with Crippen LogP contribution in [0.25, 0.3) is 0 Å². The normalized spacial score (nSPS) is 33.4. The smallest absolute Gasteiger partial charge is 0.223 e. The molecule has 3 rings (SSSR count). The molecule has 3 aliphatic rings. The number of piperidine rings is 1. The SMILES string of the molecule is O=C(CC1CCSCC1)N1CCCC2CNCC21. The Morgan fingerprint density at radius 3 is 2.89 bits per heavy atom. The highest BCUT2D eigenvalue weighted by atomic mass is 32.2. The zero-order valence-corrected chi connectivity index (χ0v) is 11.9. The molecule has 0 spiro atoms. The van der Waals surface area contributed by atoms with Gasteiger partial charge in [0.2, 0.25) is 5.91 Å². The van der Waals surface area contributed by atoms with Crippen LogP contribution < -0.4 is 5.32 Å². The van der Waals surface area contributed by atoms with Crippen LogP contribution >= 0.6 is 11.8 Å². The number of hydrogen-bond donors (Lipinski definition) is 1. The Kier molecular flexibility index (Phi) is 4.14. The minimum Gasteiger partial charge on any atom is -0.338 e. The number of fused-ring (bicyclic) bond motifs is 1. The number of amides is 1. The van der Waals surface area contributed by atoms with E-state index in [4.69, 9.17) is 0 Å². The summed E-state index contributed by atoms with van der Waals surface area (Å²) in [5.74, 6) is 4.33. The van der Waals surface area contributed by atoms with Gasteiger partial charge in [0.1, 0.15) is 0 Å². The Balaban J connectivity index is 1.57. The Morgan fingerprint density at radius 1 is 1.22 bits per heavy atom. The van der Waals surface area contributed by atoms with Crippen molar-refractivity contribution in [1.29, 1.82) is 0 Å². The molecule has 0 aromatic carbocycles. The van der Waals surface area contributed by atoms with Crippen molar-refractivity contribution >= 4 is 17.7 Å². The second kappa shape index (κ2) is 5.83. The molecule has 0 radical (unpaired) electrons. The summed E-state index contributed by atoms with van der Waals surface area (Å²) in [6.45, 7) is 3.15.